The molecule has 1 amide bonds. The molecule has 1 saturated heterocycles. The van der Waals surface area contributed by atoms with Gasteiger partial charge in [-0.15, -0.1) is 0 Å². The van der Waals surface area contributed by atoms with Gasteiger partial charge in [-0.05, 0) is 18.2 Å². The van der Waals surface area contributed by atoms with Gasteiger partial charge in [0.2, 0.25) is 5.91 Å². The number of amides is 1. The topological polar surface area (TPSA) is 46.3 Å². The number of alkyl halides is 3. The molecule has 1 fully saturated rings. The Bertz CT molecular complexity index is 472. The number of hydrogen-bond acceptors (Lipinski definition) is 2. The van der Waals surface area contributed by atoms with Crippen molar-refractivity contribution in [3.05, 3.63) is 29.6 Å². The monoisotopic (exact) mass is 248 g/mol. The highest BCUT2D eigenvalue weighted by atomic mass is 19.4. The van der Waals surface area contributed by atoms with Crippen LogP contribution in [0.2, 0.25) is 0 Å². The smallest absolute Gasteiger partial charge is 0.318 e. The number of rotatable bonds is 1. The lowest BCUT2D eigenvalue weighted by Crippen LogP contribution is -2.61. The van der Waals surface area contributed by atoms with Gasteiger partial charge in [-0.3, -0.25) is 4.79 Å². The number of halogens is 4. The minimum atomic E-state index is -4.78. The van der Waals surface area contributed by atoms with Crippen molar-refractivity contribution in [1.82, 2.24) is 0 Å². The highest BCUT2D eigenvalue weighted by Crippen LogP contribution is 2.34. The molecule has 1 aliphatic heterocycles. The lowest BCUT2D eigenvalue weighted by Gasteiger charge is -2.36. The van der Waals surface area contributed by atoms with Gasteiger partial charge in [0.15, 0.2) is 0 Å². The van der Waals surface area contributed by atoms with E-state index in [1.165, 1.54) is 0 Å². The molecule has 0 radical (unpaired) electrons. The van der Waals surface area contributed by atoms with E-state index in [0.29, 0.717) is 12.1 Å². The molecule has 1 aromatic rings. The van der Waals surface area contributed by atoms with Gasteiger partial charge >= 0.3 is 6.18 Å². The zero-order chi connectivity index (χ0) is 12.8. The summed E-state index contributed by atoms with van der Waals surface area (Å²) in [6.45, 7) is 0.141. The third kappa shape index (κ3) is 1.97. The molecule has 1 atom stereocenters. The van der Waals surface area contributed by atoms with Gasteiger partial charge in [0.1, 0.15) is 11.9 Å². The van der Waals surface area contributed by atoms with Gasteiger partial charge < -0.3 is 10.6 Å². The predicted octanol–water partition coefficient (Wildman–Crippen LogP) is 1.52. The van der Waals surface area contributed by atoms with Crippen molar-refractivity contribution in [2.45, 2.75) is 12.2 Å². The van der Waals surface area contributed by atoms with E-state index in [-0.39, 0.29) is 12.2 Å². The van der Waals surface area contributed by atoms with E-state index >= 15 is 0 Å². The van der Waals surface area contributed by atoms with Gasteiger partial charge in [0.05, 0.1) is 12.1 Å². The standard InChI is InChI=1S/C10H8F4N2O/c11-7-2-1-5(3-6(7)10(12,13)14)16-4-8(15)9(16)17/h1-3,8H,4,15H2. The van der Waals surface area contributed by atoms with Crippen LogP contribution in [0.15, 0.2) is 18.2 Å². The van der Waals surface area contributed by atoms with E-state index in [9.17, 15) is 22.4 Å². The summed E-state index contributed by atoms with van der Waals surface area (Å²) in [5.74, 6) is -1.83. The second-order valence-electron chi connectivity index (χ2n) is 3.72. The maximum atomic E-state index is 13.0. The zero-order valence-corrected chi connectivity index (χ0v) is 8.46. The van der Waals surface area contributed by atoms with Gasteiger partial charge in [-0.25, -0.2) is 4.39 Å². The number of carbonyl (C=O) groups is 1. The van der Waals surface area contributed by atoms with E-state index in [0.717, 1.165) is 11.0 Å². The van der Waals surface area contributed by atoms with Crippen molar-refractivity contribution in [2.75, 3.05) is 11.4 Å². The maximum Gasteiger partial charge on any atom is 0.419 e. The molecule has 0 saturated carbocycles. The highest BCUT2D eigenvalue weighted by molar-refractivity contribution is 6.03. The van der Waals surface area contributed by atoms with Crippen LogP contribution in [0.3, 0.4) is 0 Å². The largest absolute Gasteiger partial charge is 0.419 e. The van der Waals surface area contributed by atoms with Crippen LogP contribution in [-0.2, 0) is 11.0 Å². The quantitative estimate of drug-likeness (QED) is 0.605. The Morgan fingerprint density at radius 1 is 1.35 bits per heavy atom. The first-order chi connectivity index (χ1) is 7.80. The SMILES string of the molecule is NC1CN(c2ccc(F)c(C(F)(F)F)c2)C1=O. The van der Waals surface area contributed by atoms with Crippen molar-refractivity contribution in [3.63, 3.8) is 0 Å². The first-order valence-corrected chi connectivity index (χ1v) is 4.74. The summed E-state index contributed by atoms with van der Waals surface area (Å²) < 4.78 is 50.2. The summed E-state index contributed by atoms with van der Waals surface area (Å²) in [5.41, 5.74) is 3.94. The summed E-state index contributed by atoms with van der Waals surface area (Å²) in [5, 5.41) is 0. The molecule has 2 N–H and O–H groups in total. The Balaban J connectivity index is 2.36. The normalized spacial score (nSPS) is 20.4. The number of nitrogens with two attached hydrogens (primary N) is 1. The van der Waals surface area contributed by atoms with Crippen molar-refractivity contribution in [3.8, 4) is 0 Å². The molecule has 0 aliphatic carbocycles. The molecule has 7 heteroatoms. The second kappa shape index (κ2) is 3.69. The van der Waals surface area contributed by atoms with Crippen molar-refractivity contribution in [2.24, 2.45) is 5.73 Å². The summed E-state index contributed by atoms with van der Waals surface area (Å²) in [6.07, 6.45) is -4.78. The van der Waals surface area contributed by atoms with Crippen LogP contribution in [0.5, 0.6) is 0 Å². The molecule has 3 nitrogen and oxygen atoms in total. The number of benzene rings is 1. The minimum Gasteiger partial charge on any atom is -0.318 e. The fourth-order valence-corrected chi connectivity index (χ4v) is 1.58. The Morgan fingerprint density at radius 3 is 2.47 bits per heavy atom. The van der Waals surface area contributed by atoms with Gasteiger partial charge in [-0.2, -0.15) is 13.2 Å². The number of hydrogen-bond donors (Lipinski definition) is 1. The number of nitrogens with zero attached hydrogens (tertiary/aromatic N) is 1. The van der Waals surface area contributed by atoms with Crippen LogP contribution in [0.1, 0.15) is 5.56 Å². The third-order valence-electron chi connectivity index (χ3n) is 2.53. The van der Waals surface area contributed by atoms with Crippen LogP contribution >= 0.6 is 0 Å². The Morgan fingerprint density at radius 2 is 2.00 bits per heavy atom. The molecule has 1 heterocycles. The zero-order valence-electron chi connectivity index (χ0n) is 8.46. The van der Waals surface area contributed by atoms with E-state index in [2.05, 4.69) is 0 Å². The predicted molar refractivity (Wildman–Crippen MR) is 51.7 cm³/mol. The van der Waals surface area contributed by atoms with Gasteiger partial charge in [-0.1, -0.05) is 0 Å². The van der Waals surface area contributed by atoms with Crippen molar-refractivity contribution < 1.29 is 22.4 Å². The molecular formula is C10H8F4N2O. The molecule has 0 spiro atoms. The molecule has 2 rings (SSSR count). The fraction of sp³-hybridized carbons (Fsp3) is 0.300. The molecule has 1 aromatic carbocycles. The number of anilines is 1. The first kappa shape index (κ1) is 11.8. The second-order valence-corrected chi connectivity index (χ2v) is 3.72. The molecule has 1 aliphatic rings. The lowest BCUT2D eigenvalue weighted by atomic mass is 10.1. The van der Waals surface area contributed by atoms with E-state index in [1.54, 1.807) is 0 Å². The average Bonchev–Trinajstić information content (AvgIpc) is 2.25. The Labute approximate surface area is 93.8 Å². The first-order valence-electron chi connectivity index (χ1n) is 4.74. The highest BCUT2D eigenvalue weighted by Gasteiger charge is 2.38. The van der Waals surface area contributed by atoms with Gasteiger partial charge in [0.25, 0.3) is 0 Å². The summed E-state index contributed by atoms with van der Waals surface area (Å²) >= 11 is 0. The van der Waals surface area contributed by atoms with E-state index < -0.39 is 29.5 Å². The van der Waals surface area contributed by atoms with Crippen molar-refractivity contribution in [1.29, 1.82) is 0 Å². The summed E-state index contributed by atoms with van der Waals surface area (Å²) in [4.78, 5) is 12.3. The molecule has 1 unspecified atom stereocenters. The molecule has 0 bridgehead atoms. The maximum absolute atomic E-state index is 13.0. The number of carbonyl (C=O) groups excluding carboxylic acids is 1. The number of β-lactam (4-membered cyclic amide) rings is 1. The summed E-state index contributed by atoms with van der Waals surface area (Å²) in [6, 6.07) is 1.73. The van der Waals surface area contributed by atoms with Crippen LogP contribution in [0.25, 0.3) is 0 Å². The van der Waals surface area contributed by atoms with Crippen LogP contribution in [0.4, 0.5) is 23.2 Å². The molecule has 92 valence electrons. The average molecular weight is 248 g/mol. The molecule has 0 aromatic heterocycles. The van der Waals surface area contributed by atoms with E-state index in [1.807, 2.05) is 0 Å². The van der Waals surface area contributed by atoms with Gasteiger partial charge in [0, 0.05) is 5.69 Å². The third-order valence-corrected chi connectivity index (χ3v) is 2.53. The van der Waals surface area contributed by atoms with E-state index in [4.69, 9.17) is 5.73 Å². The summed E-state index contributed by atoms with van der Waals surface area (Å²) in [7, 11) is 0. The fourth-order valence-electron chi connectivity index (χ4n) is 1.58. The molecular weight excluding hydrogens is 240 g/mol. The minimum absolute atomic E-state index is 0.00502. The van der Waals surface area contributed by atoms with Crippen LogP contribution in [-0.4, -0.2) is 18.5 Å². The lowest BCUT2D eigenvalue weighted by molar-refractivity contribution is -0.140. The van der Waals surface area contributed by atoms with Crippen LogP contribution < -0.4 is 10.6 Å². The Kier molecular flexibility index (Phi) is 2.57. The molecule has 17 heavy (non-hydrogen) atoms. The van der Waals surface area contributed by atoms with Crippen LogP contribution in [0, 0.1) is 5.82 Å². The Hall–Kier alpha value is -1.63. The van der Waals surface area contributed by atoms with Crippen molar-refractivity contribution >= 4 is 11.6 Å².